The van der Waals surface area contributed by atoms with Crippen LogP contribution >= 0.6 is 11.6 Å². The van der Waals surface area contributed by atoms with Gasteiger partial charge in [-0.05, 0) is 38.1 Å². The first-order chi connectivity index (χ1) is 10.2. The van der Waals surface area contributed by atoms with E-state index in [1.165, 1.54) is 0 Å². The van der Waals surface area contributed by atoms with E-state index in [1.54, 1.807) is 0 Å². The first kappa shape index (κ1) is 16.5. The molecule has 2 heterocycles. The maximum Gasteiger partial charge on any atom is 0.147 e. The van der Waals surface area contributed by atoms with Crippen LogP contribution in [0.1, 0.15) is 32.8 Å². The molecule has 4 nitrogen and oxygen atoms in total. The third-order valence-corrected chi connectivity index (χ3v) is 4.38. The van der Waals surface area contributed by atoms with Gasteiger partial charge in [0.15, 0.2) is 0 Å². The van der Waals surface area contributed by atoms with Crippen LogP contribution in [-0.2, 0) is 6.54 Å². The van der Waals surface area contributed by atoms with Gasteiger partial charge in [-0.2, -0.15) is 0 Å². The summed E-state index contributed by atoms with van der Waals surface area (Å²) >= 11 is 6.45. The molecule has 1 saturated heterocycles. The lowest BCUT2D eigenvalue weighted by atomic mass is 10.2. The summed E-state index contributed by atoms with van der Waals surface area (Å²) in [6, 6.07) is 2.59. The zero-order valence-electron chi connectivity index (χ0n) is 13.4. The molecule has 5 heteroatoms. The van der Waals surface area contributed by atoms with E-state index >= 15 is 0 Å². The summed E-state index contributed by atoms with van der Waals surface area (Å²) in [5, 5.41) is 4.15. The number of halogens is 1. The van der Waals surface area contributed by atoms with Crippen molar-refractivity contribution < 1.29 is 0 Å². The van der Waals surface area contributed by atoms with Gasteiger partial charge in [0.2, 0.25) is 0 Å². The number of rotatable bonds is 6. The Bertz CT molecular complexity index is 452. The first-order valence-corrected chi connectivity index (χ1v) is 8.37. The third kappa shape index (κ3) is 4.31. The van der Waals surface area contributed by atoms with Gasteiger partial charge in [0.05, 0.1) is 5.02 Å². The molecule has 1 aromatic heterocycles. The average molecular weight is 311 g/mol. The summed E-state index contributed by atoms with van der Waals surface area (Å²) in [5.41, 5.74) is 1.15. The number of nitrogens with zero attached hydrogens (tertiary/aromatic N) is 3. The van der Waals surface area contributed by atoms with Crippen LogP contribution in [0.15, 0.2) is 12.3 Å². The first-order valence-electron chi connectivity index (χ1n) is 7.99. The standard InChI is InChI=1S/C16H27ClN4/c1-4-6-18-10-14-9-15(17)16(19-11-14)21-8-7-20(5-2)13(3)12-21/h9,11,13,18H,4-8,10,12H2,1-3H3. The summed E-state index contributed by atoms with van der Waals surface area (Å²) in [4.78, 5) is 9.40. The summed E-state index contributed by atoms with van der Waals surface area (Å²) in [6.07, 6.45) is 3.08. The third-order valence-electron chi connectivity index (χ3n) is 4.11. The lowest BCUT2D eigenvalue weighted by Crippen LogP contribution is -2.52. The molecule has 1 unspecified atom stereocenters. The number of aromatic nitrogens is 1. The number of hydrogen-bond acceptors (Lipinski definition) is 4. The van der Waals surface area contributed by atoms with Gasteiger partial charge in [-0.1, -0.05) is 25.4 Å². The van der Waals surface area contributed by atoms with Crippen molar-refractivity contribution >= 4 is 17.4 Å². The molecule has 0 amide bonds. The summed E-state index contributed by atoms with van der Waals surface area (Å²) in [5.74, 6) is 0.929. The Hall–Kier alpha value is -0.840. The van der Waals surface area contributed by atoms with E-state index in [0.29, 0.717) is 6.04 Å². The van der Waals surface area contributed by atoms with Crippen molar-refractivity contribution in [1.29, 1.82) is 0 Å². The molecule has 1 fully saturated rings. The van der Waals surface area contributed by atoms with Crippen LogP contribution in [0.3, 0.4) is 0 Å². The molecule has 1 aliphatic heterocycles. The van der Waals surface area contributed by atoms with Crippen LogP contribution < -0.4 is 10.2 Å². The van der Waals surface area contributed by atoms with E-state index < -0.39 is 0 Å². The van der Waals surface area contributed by atoms with Gasteiger partial charge < -0.3 is 10.2 Å². The molecule has 0 saturated carbocycles. The second-order valence-corrected chi connectivity index (χ2v) is 6.16. The van der Waals surface area contributed by atoms with Gasteiger partial charge >= 0.3 is 0 Å². The molecule has 1 aliphatic rings. The fourth-order valence-electron chi connectivity index (χ4n) is 2.87. The highest BCUT2D eigenvalue weighted by Crippen LogP contribution is 2.26. The number of likely N-dealkylation sites (N-methyl/N-ethyl adjacent to an activating group) is 1. The van der Waals surface area contributed by atoms with Crippen LogP contribution in [0, 0.1) is 0 Å². The molecule has 0 aromatic carbocycles. The van der Waals surface area contributed by atoms with E-state index in [2.05, 4.69) is 40.9 Å². The van der Waals surface area contributed by atoms with Crippen molar-refractivity contribution in [1.82, 2.24) is 15.2 Å². The number of piperazine rings is 1. The normalized spacial score (nSPS) is 20.0. The minimum absolute atomic E-state index is 0.549. The van der Waals surface area contributed by atoms with Gasteiger partial charge in [-0.15, -0.1) is 0 Å². The molecule has 1 atom stereocenters. The highest BCUT2D eigenvalue weighted by atomic mass is 35.5. The van der Waals surface area contributed by atoms with Crippen molar-refractivity contribution in [3.05, 3.63) is 22.8 Å². The second-order valence-electron chi connectivity index (χ2n) is 5.75. The molecular formula is C16H27ClN4. The summed E-state index contributed by atoms with van der Waals surface area (Å²) in [7, 11) is 0. The Kier molecular flexibility index (Phi) is 6.27. The van der Waals surface area contributed by atoms with E-state index in [1.807, 2.05) is 12.3 Å². The van der Waals surface area contributed by atoms with Gasteiger partial charge in [0.1, 0.15) is 5.82 Å². The number of nitrogens with one attached hydrogen (secondary N) is 1. The molecule has 0 radical (unpaired) electrons. The predicted molar refractivity (Wildman–Crippen MR) is 90.2 cm³/mol. The lowest BCUT2D eigenvalue weighted by molar-refractivity contribution is 0.199. The molecule has 0 bridgehead atoms. The second kappa shape index (κ2) is 7.97. The fraction of sp³-hybridized carbons (Fsp3) is 0.688. The van der Waals surface area contributed by atoms with Crippen molar-refractivity contribution in [2.45, 2.75) is 39.8 Å². The zero-order chi connectivity index (χ0) is 15.2. The molecule has 0 spiro atoms. The Morgan fingerprint density at radius 1 is 1.38 bits per heavy atom. The van der Waals surface area contributed by atoms with Crippen LogP contribution in [0.4, 0.5) is 5.82 Å². The highest BCUT2D eigenvalue weighted by molar-refractivity contribution is 6.33. The van der Waals surface area contributed by atoms with Crippen LogP contribution in [-0.4, -0.2) is 48.6 Å². The van der Waals surface area contributed by atoms with E-state index in [0.717, 1.165) is 62.1 Å². The van der Waals surface area contributed by atoms with E-state index in [4.69, 9.17) is 11.6 Å². The van der Waals surface area contributed by atoms with Gasteiger partial charge in [0.25, 0.3) is 0 Å². The number of hydrogen-bond donors (Lipinski definition) is 1. The quantitative estimate of drug-likeness (QED) is 0.819. The fourth-order valence-corrected chi connectivity index (χ4v) is 3.18. The summed E-state index contributed by atoms with van der Waals surface area (Å²) < 4.78 is 0. The predicted octanol–water partition coefficient (Wildman–Crippen LogP) is 2.77. The largest absolute Gasteiger partial charge is 0.353 e. The molecule has 2 rings (SSSR count). The Balaban J connectivity index is 2.00. The number of anilines is 1. The highest BCUT2D eigenvalue weighted by Gasteiger charge is 2.24. The van der Waals surface area contributed by atoms with Gasteiger partial charge in [-0.25, -0.2) is 4.98 Å². The van der Waals surface area contributed by atoms with Crippen molar-refractivity contribution in [3.63, 3.8) is 0 Å². The SMILES string of the molecule is CCCNCc1cnc(N2CCN(CC)C(C)C2)c(Cl)c1. The Labute approximate surface area is 133 Å². The van der Waals surface area contributed by atoms with Gasteiger partial charge in [0, 0.05) is 38.4 Å². The maximum absolute atomic E-state index is 6.45. The van der Waals surface area contributed by atoms with Crippen LogP contribution in [0.5, 0.6) is 0 Å². The van der Waals surface area contributed by atoms with Crippen LogP contribution in [0.25, 0.3) is 0 Å². The van der Waals surface area contributed by atoms with Crippen molar-refractivity contribution in [2.75, 3.05) is 37.6 Å². The lowest BCUT2D eigenvalue weighted by Gasteiger charge is -2.40. The van der Waals surface area contributed by atoms with Crippen LogP contribution in [0.2, 0.25) is 5.02 Å². The van der Waals surface area contributed by atoms with E-state index in [9.17, 15) is 0 Å². The van der Waals surface area contributed by atoms with Crippen molar-refractivity contribution in [3.8, 4) is 0 Å². The molecule has 0 aliphatic carbocycles. The topological polar surface area (TPSA) is 31.4 Å². The number of pyridine rings is 1. The van der Waals surface area contributed by atoms with Gasteiger partial charge in [-0.3, -0.25) is 4.90 Å². The van der Waals surface area contributed by atoms with Crippen molar-refractivity contribution in [2.24, 2.45) is 0 Å². The maximum atomic E-state index is 6.45. The minimum Gasteiger partial charge on any atom is -0.353 e. The molecule has 21 heavy (non-hydrogen) atoms. The minimum atomic E-state index is 0.549. The average Bonchev–Trinajstić information content (AvgIpc) is 2.47. The monoisotopic (exact) mass is 310 g/mol. The Morgan fingerprint density at radius 2 is 2.19 bits per heavy atom. The Morgan fingerprint density at radius 3 is 2.81 bits per heavy atom. The molecule has 1 aromatic rings. The molecular weight excluding hydrogens is 284 g/mol. The van der Waals surface area contributed by atoms with E-state index in [-0.39, 0.29) is 0 Å². The molecule has 118 valence electrons. The zero-order valence-corrected chi connectivity index (χ0v) is 14.2. The smallest absolute Gasteiger partial charge is 0.147 e. The summed E-state index contributed by atoms with van der Waals surface area (Å²) in [6.45, 7) is 12.7. The molecule has 1 N–H and O–H groups in total.